The molecule has 0 aliphatic heterocycles. The first-order valence-corrected chi connectivity index (χ1v) is 11.4. The Morgan fingerprint density at radius 3 is 2.25 bits per heavy atom. The summed E-state index contributed by atoms with van der Waals surface area (Å²) >= 11 is 11.8. The molecule has 3 aromatic carbocycles. The maximum Gasteiger partial charge on any atom is 0.344 e. The van der Waals surface area contributed by atoms with E-state index in [0.29, 0.717) is 44.7 Å². The number of nitrogens with one attached hydrogen (secondary N) is 2. The molecule has 36 heavy (non-hydrogen) atoms. The number of benzene rings is 3. The van der Waals surface area contributed by atoms with Crippen LogP contribution in [-0.2, 0) is 0 Å². The molecule has 0 saturated heterocycles. The number of hydrogen-bond acceptors (Lipinski definition) is 7. The third-order valence-corrected chi connectivity index (χ3v) is 5.83. The van der Waals surface area contributed by atoms with Crippen molar-refractivity contribution in [3.8, 4) is 28.4 Å². The maximum atomic E-state index is 12.8. The minimum atomic E-state index is -0.496. The van der Waals surface area contributed by atoms with Crippen LogP contribution >= 0.6 is 23.8 Å². The minimum absolute atomic E-state index is 0.0442. The van der Waals surface area contributed by atoms with Crippen LogP contribution in [0.15, 0.2) is 69.9 Å². The Morgan fingerprint density at radius 1 is 0.917 bits per heavy atom. The average molecular weight is 525 g/mol. The second-order valence-electron chi connectivity index (χ2n) is 7.50. The quantitative estimate of drug-likeness (QED) is 0.260. The van der Waals surface area contributed by atoms with Gasteiger partial charge in [-0.1, -0.05) is 35.9 Å². The van der Waals surface area contributed by atoms with E-state index in [4.69, 9.17) is 42.4 Å². The van der Waals surface area contributed by atoms with Crippen molar-refractivity contribution in [2.75, 3.05) is 26.6 Å². The zero-order valence-corrected chi connectivity index (χ0v) is 21.1. The van der Waals surface area contributed by atoms with E-state index in [1.165, 1.54) is 33.5 Å². The molecule has 1 aromatic heterocycles. The Balaban J connectivity index is 1.51. The lowest BCUT2D eigenvalue weighted by molar-refractivity contribution is 0.0977. The second-order valence-corrected chi connectivity index (χ2v) is 8.32. The van der Waals surface area contributed by atoms with Gasteiger partial charge < -0.3 is 23.9 Å². The summed E-state index contributed by atoms with van der Waals surface area (Å²) in [6.07, 6.45) is 0. The number of anilines is 1. The van der Waals surface area contributed by atoms with Gasteiger partial charge in [0.25, 0.3) is 5.91 Å². The first-order valence-electron chi connectivity index (χ1n) is 10.6. The van der Waals surface area contributed by atoms with Crippen molar-refractivity contribution in [2.24, 2.45) is 0 Å². The van der Waals surface area contributed by atoms with Crippen LogP contribution in [0, 0.1) is 0 Å². The number of rotatable bonds is 6. The lowest BCUT2D eigenvalue weighted by Crippen LogP contribution is -2.34. The fraction of sp³-hybridized carbons (Fsp3) is 0.115. The van der Waals surface area contributed by atoms with Crippen molar-refractivity contribution in [3.05, 3.63) is 81.7 Å². The number of carbonyl (C=O) groups excluding carboxylic acids is 1. The summed E-state index contributed by atoms with van der Waals surface area (Å²) in [5, 5.41) is 6.64. The number of thiocarbonyl (C=S) groups is 1. The van der Waals surface area contributed by atoms with Crippen LogP contribution in [0.3, 0.4) is 0 Å². The normalized spacial score (nSPS) is 10.6. The lowest BCUT2D eigenvalue weighted by Gasteiger charge is -2.15. The number of fused-ring (bicyclic) bond motifs is 1. The molecule has 184 valence electrons. The summed E-state index contributed by atoms with van der Waals surface area (Å²) in [6.45, 7) is 0. The van der Waals surface area contributed by atoms with Crippen molar-refractivity contribution < 1.29 is 23.4 Å². The van der Waals surface area contributed by atoms with Gasteiger partial charge in [0, 0.05) is 22.2 Å². The van der Waals surface area contributed by atoms with E-state index >= 15 is 0 Å². The molecule has 0 atom stereocenters. The van der Waals surface area contributed by atoms with Crippen molar-refractivity contribution >= 4 is 51.5 Å². The maximum absolute atomic E-state index is 12.8. The molecule has 4 aromatic rings. The SMILES string of the molecule is COc1cc(C(=O)NC(=S)Nc2ccc(-c3cc4ccccc4oc3=O)c(Cl)c2)cc(OC)c1OC. The van der Waals surface area contributed by atoms with E-state index in [1.54, 1.807) is 36.4 Å². The predicted molar refractivity (Wildman–Crippen MR) is 143 cm³/mol. The fourth-order valence-electron chi connectivity index (χ4n) is 3.61. The van der Waals surface area contributed by atoms with Crippen molar-refractivity contribution in [1.29, 1.82) is 0 Å². The van der Waals surface area contributed by atoms with Crippen LogP contribution in [0.2, 0.25) is 5.02 Å². The fourth-order valence-corrected chi connectivity index (χ4v) is 4.10. The Morgan fingerprint density at radius 2 is 1.61 bits per heavy atom. The highest BCUT2D eigenvalue weighted by atomic mass is 35.5. The number of ether oxygens (including phenoxy) is 3. The molecule has 0 saturated carbocycles. The van der Waals surface area contributed by atoms with E-state index < -0.39 is 11.5 Å². The van der Waals surface area contributed by atoms with Crippen LogP contribution in [0.5, 0.6) is 17.2 Å². The van der Waals surface area contributed by atoms with Crippen LogP contribution in [0.4, 0.5) is 5.69 Å². The molecule has 10 heteroatoms. The van der Waals surface area contributed by atoms with Crippen LogP contribution in [0.25, 0.3) is 22.1 Å². The lowest BCUT2D eigenvalue weighted by atomic mass is 10.1. The molecule has 0 radical (unpaired) electrons. The zero-order valence-electron chi connectivity index (χ0n) is 19.5. The molecule has 4 rings (SSSR count). The highest BCUT2D eigenvalue weighted by Gasteiger charge is 2.18. The summed E-state index contributed by atoms with van der Waals surface area (Å²) in [5.74, 6) is 0.554. The molecule has 0 aliphatic carbocycles. The topological polar surface area (TPSA) is 99.0 Å². The first kappa shape index (κ1) is 25.0. The molecule has 0 spiro atoms. The van der Waals surface area contributed by atoms with Crippen molar-refractivity contribution in [2.45, 2.75) is 0 Å². The van der Waals surface area contributed by atoms with Crippen molar-refractivity contribution in [3.63, 3.8) is 0 Å². The van der Waals surface area contributed by atoms with E-state index in [1.807, 2.05) is 12.1 Å². The van der Waals surface area contributed by atoms with Crippen LogP contribution in [-0.4, -0.2) is 32.3 Å². The zero-order chi connectivity index (χ0) is 25.8. The first-order chi connectivity index (χ1) is 17.3. The molecule has 0 aliphatic rings. The summed E-state index contributed by atoms with van der Waals surface area (Å²) in [4.78, 5) is 25.3. The van der Waals surface area contributed by atoms with Gasteiger partial charge in [0.1, 0.15) is 5.58 Å². The number of methoxy groups -OCH3 is 3. The van der Waals surface area contributed by atoms with E-state index in [0.717, 1.165) is 5.39 Å². The number of hydrogen-bond donors (Lipinski definition) is 2. The summed E-state index contributed by atoms with van der Waals surface area (Å²) in [5.41, 5.74) is 1.62. The van der Waals surface area contributed by atoms with Gasteiger partial charge in [-0.15, -0.1) is 0 Å². The third kappa shape index (κ3) is 5.12. The second kappa shape index (κ2) is 10.7. The number of amides is 1. The Labute approximate surface area is 216 Å². The third-order valence-electron chi connectivity index (χ3n) is 5.31. The minimum Gasteiger partial charge on any atom is -0.493 e. The van der Waals surface area contributed by atoms with E-state index in [2.05, 4.69) is 10.6 Å². The molecule has 0 bridgehead atoms. The molecule has 0 fully saturated rings. The van der Waals surface area contributed by atoms with E-state index in [-0.39, 0.29) is 10.7 Å². The average Bonchev–Trinajstić information content (AvgIpc) is 2.87. The number of para-hydroxylation sites is 1. The number of halogens is 1. The van der Waals surface area contributed by atoms with Gasteiger partial charge in [-0.05, 0) is 48.6 Å². The monoisotopic (exact) mass is 524 g/mol. The molecular weight excluding hydrogens is 504 g/mol. The summed E-state index contributed by atoms with van der Waals surface area (Å²) < 4.78 is 21.3. The molecule has 1 heterocycles. The van der Waals surface area contributed by atoms with Gasteiger partial charge in [-0.25, -0.2) is 4.79 Å². The highest BCUT2D eigenvalue weighted by Crippen LogP contribution is 2.38. The van der Waals surface area contributed by atoms with Gasteiger partial charge in [-0.2, -0.15) is 0 Å². The smallest absolute Gasteiger partial charge is 0.344 e. The molecular formula is C26H21ClN2O6S. The standard InChI is InChI=1S/C26H21ClN2O6S/c1-32-21-11-15(12-22(33-2)23(21)34-3)24(30)29-26(36)28-16-8-9-17(19(27)13-16)18-10-14-6-4-5-7-20(14)35-25(18)31/h4-13H,1-3H3,(H2,28,29,30,36). The molecule has 1 amide bonds. The van der Waals surface area contributed by atoms with Crippen LogP contribution < -0.4 is 30.5 Å². The molecule has 2 N–H and O–H groups in total. The summed E-state index contributed by atoms with van der Waals surface area (Å²) in [7, 11) is 4.39. The van der Waals surface area contributed by atoms with Gasteiger partial charge in [0.2, 0.25) is 5.75 Å². The molecule has 8 nitrogen and oxygen atoms in total. The van der Waals surface area contributed by atoms with Crippen LogP contribution in [0.1, 0.15) is 10.4 Å². The van der Waals surface area contributed by atoms with Crippen molar-refractivity contribution in [1.82, 2.24) is 5.32 Å². The molecule has 0 unspecified atom stereocenters. The Hall–Kier alpha value is -4.08. The van der Waals surface area contributed by atoms with E-state index in [9.17, 15) is 9.59 Å². The van der Waals surface area contributed by atoms with Gasteiger partial charge in [0.05, 0.1) is 31.9 Å². The van der Waals surface area contributed by atoms with Gasteiger partial charge in [0.15, 0.2) is 16.6 Å². The predicted octanol–water partition coefficient (Wildman–Crippen LogP) is 5.27. The van der Waals surface area contributed by atoms with Gasteiger partial charge in [-0.3, -0.25) is 10.1 Å². The highest BCUT2D eigenvalue weighted by molar-refractivity contribution is 7.80. The summed E-state index contributed by atoms with van der Waals surface area (Å²) in [6, 6.07) is 16.9. The largest absolute Gasteiger partial charge is 0.493 e. The number of carbonyl (C=O) groups is 1. The van der Waals surface area contributed by atoms with Gasteiger partial charge >= 0.3 is 5.63 Å². The Kier molecular flexibility index (Phi) is 7.42. The Bertz CT molecular complexity index is 1510.